The second-order valence-electron chi connectivity index (χ2n) is 9.22. The molecule has 0 radical (unpaired) electrons. The molecule has 3 atom stereocenters. The van der Waals surface area contributed by atoms with E-state index in [1.54, 1.807) is 11.3 Å². The number of aromatic nitrogens is 2. The standard InChI is InChI=1S/C24H28N4OS2/c1-3-28-10-7-21(24(28)8-11-29-14-24)23(2)13-17-18(6-9-25-22(17)31-23)27-16-4-5-20-19(12-16)26-15-30-20/h4-6,9,12,15,21H,3,7-8,10-11,13-14H2,1-2H3,(H,25,27)/t21-,23?,24+/m0/s1. The van der Waals surface area contributed by atoms with Crippen LogP contribution >= 0.6 is 23.1 Å². The monoisotopic (exact) mass is 452 g/mol. The normalized spacial score (nSPS) is 30.5. The predicted octanol–water partition coefficient (Wildman–Crippen LogP) is 5.34. The minimum Gasteiger partial charge on any atom is -0.379 e. The summed E-state index contributed by atoms with van der Waals surface area (Å²) in [6, 6.07) is 8.56. The minimum atomic E-state index is 0.142. The number of fused-ring (bicyclic) bond motifs is 2. The number of nitrogens with zero attached hydrogens (tertiary/aromatic N) is 3. The van der Waals surface area contributed by atoms with Gasteiger partial charge in [0, 0.05) is 34.5 Å². The summed E-state index contributed by atoms with van der Waals surface area (Å²) >= 11 is 3.67. The van der Waals surface area contributed by atoms with Crippen LogP contribution in [-0.4, -0.2) is 51.5 Å². The van der Waals surface area contributed by atoms with Crippen LogP contribution in [0, 0.1) is 5.92 Å². The van der Waals surface area contributed by atoms with Crippen LogP contribution in [0.1, 0.15) is 32.3 Å². The van der Waals surface area contributed by atoms with Crippen LogP contribution in [0.4, 0.5) is 11.4 Å². The summed E-state index contributed by atoms with van der Waals surface area (Å²) in [4.78, 5) is 12.0. The molecular formula is C24H28N4OS2. The molecule has 2 aromatic heterocycles. The van der Waals surface area contributed by atoms with E-state index in [4.69, 9.17) is 9.72 Å². The molecule has 1 aromatic carbocycles. The molecule has 5 nitrogen and oxygen atoms in total. The van der Waals surface area contributed by atoms with Gasteiger partial charge in [0.25, 0.3) is 0 Å². The van der Waals surface area contributed by atoms with Crippen molar-refractivity contribution in [2.24, 2.45) is 5.92 Å². The molecule has 2 saturated heterocycles. The first-order chi connectivity index (χ1) is 15.1. The number of nitrogens with one attached hydrogen (secondary N) is 1. The van der Waals surface area contributed by atoms with Gasteiger partial charge in [-0.15, -0.1) is 11.3 Å². The molecular weight excluding hydrogens is 424 g/mol. The van der Waals surface area contributed by atoms with Crippen LogP contribution in [-0.2, 0) is 11.2 Å². The van der Waals surface area contributed by atoms with Gasteiger partial charge in [-0.25, -0.2) is 9.97 Å². The molecule has 2 fully saturated rings. The van der Waals surface area contributed by atoms with Crippen molar-refractivity contribution in [1.82, 2.24) is 14.9 Å². The maximum Gasteiger partial charge on any atom is 0.102 e. The van der Waals surface area contributed by atoms with E-state index < -0.39 is 0 Å². The number of ether oxygens (including phenoxy) is 1. The number of rotatable bonds is 4. The van der Waals surface area contributed by atoms with Crippen molar-refractivity contribution in [2.45, 2.75) is 48.4 Å². The van der Waals surface area contributed by atoms with Gasteiger partial charge in [0.05, 0.1) is 27.9 Å². The first kappa shape index (κ1) is 20.0. The van der Waals surface area contributed by atoms with E-state index in [9.17, 15) is 0 Å². The smallest absolute Gasteiger partial charge is 0.102 e. The molecule has 6 rings (SSSR count). The zero-order valence-corrected chi connectivity index (χ0v) is 19.7. The summed E-state index contributed by atoms with van der Waals surface area (Å²) in [6.07, 6.45) is 5.40. The number of thioether (sulfide) groups is 1. The third kappa shape index (κ3) is 3.12. The van der Waals surface area contributed by atoms with Gasteiger partial charge in [0.2, 0.25) is 0 Å². The highest BCUT2D eigenvalue weighted by atomic mass is 32.2. The molecule has 31 heavy (non-hydrogen) atoms. The van der Waals surface area contributed by atoms with E-state index in [1.165, 1.54) is 33.9 Å². The fraction of sp³-hybridized carbons (Fsp3) is 0.500. The third-order valence-corrected chi connectivity index (χ3v) is 9.85. The summed E-state index contributed by atoms with van der Waals surface area (Å²) in [6.45, 7) is 8.83. The first-order valence-corrected chi connectivity index (χ1v) is 12.9. The van der Waals surface area contributed by atoms with E-state index in [0.29, 0.717) is 5.92 Å². The Hall–Kier alpha value is -1.67. The number of thiazole rings is 1. The highest BCUT2D eigenvalue weighted by molar-refractivity contribution is 8.01. The maximum atomic E-state index is 5.97. The van der Waals surface area contributed by atoms with E-state index in [-0.39, 0.29) is 10.3 Å². The average Bonchev–Trinajstić information content (AvgIpc) is 3.54. The number of likely N-dealkylation sites (tertiary alicyclic amines) is 1. The predicted molar refractivity (Wildman–Crippen MR) is 129 cm³/mol. The molecule has 5 heterocycles. The van der Waals surface area contributed by atoms with Crippen molar-refractivity contribution in [1.29, 1.82) is 0 Å². The molecule has 162 valence electrons. The lowest BCUT2D eigenvalue weighted by Gasteiger charge is -2.44. The maximum absolute atomic E-state index is 5.97. The molecule has 3 aliphatic rings. The number of anilines is 2. The third-order valence-electron chi connectivity index (χ3n) is 7.60. The number of likely N-dealkylation sites (N-methyl/N-ethyl adjacent to an activating group) is 1. The van der Waals surface area contributed by atoms with Gasteiger partial charge in [0.15, 0.2) is 0 Å². The van der Waals surface area contributed by atoms with Gasteiger partial charge in [-0.3, -0.25) is 4.90 Å². The number of pyridine rings is 1. The molecule has 1 N–H and O–H groups in total. The van der Waals surface area contributed by atoms with Gasteiger partial charge in [-0.05, 0) is 69.5 Å². The Bertz CT molecular complexity index is 1130. The summed E-state index contributed by atoms with van der Waals surface area (Å²) in [5, 5.41) is 4.86. The number of hydrogen-bond acceptors (Lipinski definition) is 7. The van der Waals surface area contributed by atoms with E-state index in [2.05, 4.69) is 53.3 Å². The highest BCUT2D eigenvalue weighted by Gasteiger charge is 2.58. The second-order valence-corrected chi connectivity index (χ2v) is 11.6. The second kappa shape index (κ2) is 7.44. The molecule has 1 unspecified atom stereocenters. The first-order valence-electron chi connectivity index (χ1n) is 11.2. The fourth-order valence-corrected chi connectivity index (χ4v) is 8.40. The van der Waals surface area contributed by atoms with Gasteiger partial charge < -0.3 is 10.1 Å². The molecule has 7 heteroatoms. The van der Waals surface area contributed by atoms with Crippen molar-refractivity contribution in [3.63, 3.8) is 0 Å². The van der Waals surface area contributed by atoms with Crippen LogP contribution in [0.3, 0.4) is 0 Å². The minimum absolute atomic E-state index is 0.142. The summed E-state index contributed by atoms with van der Waals surface area (Å²) in [7, 11) is 0. The van der Waals surface area contributed by atoms with E-state index >= 15 is 0 Å². The molecule has 0 aliphatic carbocycles. The SMILES string of the molecule is CCN1CC[C@@H](C2(C)Cc3c(Nc4ccc5scnc5c4)ccnc3S2)[C@]12CCOC2. The zero-order valence-electron chi connectivity index (χ0n) is 18.1. The van der Waals surface area contributed by atoms with Crippen molar-refractivity contribution in [2.75, 3.05) is 31.6 Å². The lowest BCUT2D eigenvalue weighted by atomic mass is 9.73. The molecule has 0 amide bonds. The van der Waals surface area contributed by atoms with Gasteiger partial charge in [-0.1, -0.05) is 18.7 Å². The molecule has 0 saturated carbocycles. The van der Waals surface area contributed by atoms with Crippen LogP contribution in [0.2, 0.25) is 0 Å². The molecule has 1 spiro atoms. The van der Waals surface area contributed by atoms with Crippen molar-refractivity contribution in [3.05, 3.63) is 41.5 Å². The lowest BCUT2D eigenvalue weighted by molar-refractivity contribution is 0.0669. The van der Waals surface area contributed by atoms with Crippen molar-refractivity contribution in [3.8, 4) is 0 Å². The van der Waals surface area contributed by atoms with Crippen LogP contribution in [0.5, 0.6) is 0 Å². The summed E-state index contributed by atoms with van der Waals surface area (Å²) < 4.78 is 7.34. The summed E-state index contributed by atoms with van der Waals surface area (Å²) in [5.74, 6) is 0.612. The Balaban J connectivity index is 1.31. The van der Waals surface area contributed by atoms with Crippen molar-refractivity contribution < 1.29 is 4.74 Å². The Labute approximate surface area is 191 Å². The highest BCUT2D eigenvalue weighted by Crippen LogP contribution is 2.58. The average molecular weight is 453 g/mol. The van der Waals surface area contributed by atoms with Gasteiger partial charge in [0.1, 0.15) is 5.03 Å². The summed E-state index contributed by atoms with van der Waals surface area (Å²) in [5.41, 5.74) is 6.78. The number of hydrogen-bond donors (Lipinski definition) is 1. The van der Waals surface area contributed by atoms with Crippen LogP contribution in [0.25, 0.3) is 10.2 Å². The molecule has 3 aliphatic heterocycles. The Morgan fingerprint density at radius 2 is 2.23 bits per heavy atom. The Morgan fingerprint density at radius 3 is 3.06 bits per heavy atom. The molecule has 3 aromatic rings. The fourth-order valence-electron chi connectivity index (χ4n) is 6.18. The largest absolute Gasteiger partial charge is 0.379 e. The Morgan fingerprint density at radius 1 is 1.29 bits per heavy atom. The van der Waals surface area contributed by atoms with Gasteiger partial charge in [-0.2, -0.15) is 0 Å². The van der Waals surface area contributed by atoms with E-state index in [0.717, 1.165) is 43.8 Å². The van der Waals surface area contributed by atoms with Gasteiger partial charge >= 0.3 is 0 Å². The molecule has 0 bridgehead atoms. The topological polar surface area (TPSA) is 50.3 Å². The Kier molecular flexibility index (Phi) is 4.79. The van der Waals surface area contributed by atoms with Crippen molar-refractivity contribution >= 4 is 44.7 Å². The quantitative estimate of drug-likeness (QED) is 0.576. The lowest BCUT2D eigenvalue weighted by Crippen LogP contribution is -2.54. The zero-order chi connectivity index (χ0) is 21.1. The van der Waals surface area contributed by atoms with Crippen LogP contribution < -0.4 is 5.32 Å². The van der Waals surface area contributed by atoms with E-state index in [1.807, 2.05) is 23.5 Å². The number of benzene rings is 1. The van der Waals surface area contributed by atoms with Crippen LogP contribution in [0.15, 0.2) is 41.0 Å².